The van der Waals surface area contributed by atoms with E-state index in [2.05, 4.69) is 41.5 Å². The zero-order valence-corrected chi connectivity index (χ0v) is 13.9. The molecule has 2 amide bonds. The quantitative estimate of drug-likeness (QED) is 0.776. The average molecular weight is 283 g/mol. The van der Waals surface area contributed by atoms with Gasteiger partial charge in [0.05, 0.1) is 12.5 Å². The van der Waals surface area contributed by atoms with Crippen LogP contribution in [0.3, 0.4) is 0 Å². The van der Waals surface area contributed by atoms with Crippen LogP contribution < -0.4 is 0 Å². The minimum atomic E-state index is -0.488. The molecular weight excluding hydrogens is 254 g/mol. The van der Waals surface area contributed by atoms with Crippen LogP contribution in [0, 0.1) is 22.7 Å². The van der Waals surface area contributed by atoms with Crippen LogP contribution in [0.4, 0.5) is 4.79 Å². The molecule has 1 rings (SSSR count). The molecule has 4 nitrogen and oxygen atoms in total. The van der Waals surface area contributed by atoms with Crippen LogP contribution in [-0.4, -0.2) is 30.1 Å². The molecule has 1 heterocycles. The van der Waals surface area contributed by atoms with Crippen LogP contribution in [0.15, 0.2) is 0 Å². The van der Waals surface area contributed by atoms with Gasteiger partial charge in [0.2, 0.25) is 5.91 Å². The standard InChI is InChI=1S/C16H29NO3/c1-8-9-17-13(18)12(16(5,6)7)11(15(2,3)4)10-20-14(17)19/h11-12H,8-10H2,1-7H3. The van der Waals surface area contributed by atoms with Crippen molar-refractivity contribution >= 4 is 12.0 Å². The number of imide groups is 1. The number of amides is 2. The lowest BCUT2D eigenvalue weighted by Gasteiger charge is -2.41. The number of rotatable bonds is 2. The van der Waals surface area contributed by atoms with Crippen molar-refractivity contribution in [2.24, 2.45) is 22.7 Å². The summed E-state index contributed by atoms with van der Waals surface area (Å²) in [6, 6.07) is 0. The molecule has 20 heavy (non-hydrogen) atoms. The topological polar surface area (TPSA) is 46.6 Å². The number of cyclic esters (lactones) is 1. The number of hydrogen-bond donors (Lipinski definition) is 0. The highest BCUT2D eigenvalue weighted by Crippen LogP contribution is 2.43. The summed E-state index contributed by atoms with van der Waals surface area (Å²) < 4.78 is 5.37. The van der Waals surface area contributed by atoms with E-state index in [0.717, 1.165) is 6.42 Å². The van der Waals surface area contributed by atoms with Crippen molar-refractivity contribution in [3.63, 3.8) is 0 Å². The van der Waals surface area contributed by atoms with Gasteiger partial charge in [-0.25, -0.2) is 9.69 Å². The summed E-state index contributed by atoms with van der Waals surface area (Å²) in [7, 11) is 0. The van der Waals surface area contributed by atoms with E-state index in [1.54, 1.807) is 0 Å². The maximum Gasteiger partial charge on any atom is 0.416 e. The van der Waals surface area contributed by atoms with Gasteiger partial charge in [-0.05, 0) is 17.3 Å². The van der Waals surface area contributed by atoms with Gasteiger partial charge < -0.3 is 4.74 Å². The van der Waals surface area contributed by atoms with Gasteiger partial charge in [-0.3, -0.25) is 4.79 Å². The summed E-state index contributed by atoms with van der Waals surface area (Å²) in [5, 5.41) is 0. The van der Waals surface area contributed by atoms with E-state index in [1.165, 1.54) is 4.90 Å². The fourth-order valence-corrected chi connectivity index (χ4v) is 2.91. The maximum atomic E-state index is 12.9. The first-order chi connectivity index (χ1) is 9.00. The van der Waals surface area contributed by atoms with Crippen LogP contribution in [0.2, 0.25) is 0 Å². The number of nitrogens with zero attached hydrogens (tertiary/aromatic N) is 1. The SMILES string of the molecule is CCCN1C(=O)OCC(C(C)(C)C)C(C(C)(C)C)C1=O. The second-order valence-corrected chi connectivity index (χ2v) is 7.88. The third-order valence-electron chi connectivity index (χ3n) is 4.03. The third kappa shape index (κ3) is 3.53. The summed E-state index contributed by atoms with van der Waals surface area (Å²) in [6.45, 7) is 15.2. The summed E-state index contributed by atoms with van der Waals surface area (Å²) in [6.07, 6.45) is 0.260. The van der Waals surface area contributed by atoms with E-state index in [9.17, 15) is 9.59 Å². The molecule has 0 aromatic rings. The van der Waals surface area contributed by atoms with Gasteiger partial charge in [0.25, 0.3) is 0 Å². The fourth-order valence-electron chi connectivity index (χ4n) is 2.91. The molecule has 0 spiro atoms. The predicted octanol–water partition coefficient (Wildman–Crippen LogP) is 3.70. The number of carbonyl (C=O) groups excluding carboxylic acids is 2. The second kappa shape index (κ2) is 5.74. The molecule has 0 radical (unpaired) electrons. The molecule has 0 aromatic heterocycles. The third-order valence-corrected chi connectivity index (χ3v) is 4.03. The van der Waals surface area contributed by atoms with Crippen LogP contribution in [0.5, 0.6) is 0 Å². The van der Waals surface area contributed by atoms with E-state index in [4.69, 9.17) is 4.74 Å². The van der Waals surface area contributed by atoms with Gasteiger partial charge >= 0.3 is 6.09 Å². The molecule has 116 valence electrons. The lowest BCUT2D eigenvalue weighted by Crippen LogP contribution is -2.47. The lowest BCUT2D eigenvalue weighted by molar-refractivity contribution is -0.139. The Morgan fingerprint density at radius 3 is 2.05 bits per heavy atom. The van der Waals surface area contributed by atoms with Gasteiger partial charge in [-0.1, -0.05) is 48.5 Å². The number of carbonyl (C=O) groups is 2. The number of hydrogen-bond acceptors (Lipinski definition) is 3. The zero-order valence-electron chi connectivity index (χ0n) is 13.9. The Hall–Kier alpha value is -1.06. The van der Waals surface area contributed by atoms with Gasteiger partial charge in [0.15, 0.2) is 0 Å². The Morgan fingerprint density at radius 1 is 1.10 bits per heavy atom. The van der Waals surface area contributed by atoms with Crippen molar-refractivity contribution in [3.8, 4) is 0 Å². The second-order valence-electron chi connectivity index (χ2n) is 7.88. The largest absolute Gasteiger partial charge is 0.449 e. The van der Waals surface area contributed by atoms with E-state index in [-0.39, 0.29) is 28.6 Å². The molecule has 1 fully saturated rings. The minimum Gasteiger partial charge on any atom is -0.449 e. The average Bonchev–Trinajstić information content (AvgIpc) is 2.38. The van der Waals surface area contributed by atoms with Crippen LogP contribution in [0.1, 0.15) is 54.9 Å². The molecule has 0 aromatic carbocycles. The summed E-state index contributed by atoms with van der Waals surface area (Å²) in [4.78, 5) is 26.2. The molecule has 2 atom stereocenters. The van der Waals surface area contributed by atoms with Crippen molar-refractivity contribution in [2.75, 3.05) is 13.2 Å². The van der Waals surface area contributed by atoms with Crippen molar-refractivity contribution in [1.29, 1.82) is 0 Å². The molecule has 0 bridgehead atoms. The molecule has 0 N–H and O–H groups in total. The zero-order chi connectivity index (χ0) is 15.7. The normalized spacial score (nSPS) is 25.4. The molecular formula is C16H29NO3. The Bertz CT molecular complexity index is 376. The van der Waals surface area contributed by atoms with Gasteiger partial charge in [-0.15, -0.1) is 0 Å². The molecule has 1 aliphatic heterocycles. The van der Waals surface area contributed by atoms with Crippen LogP contribution >= 0.6 is 0 Å². The Balaban J connectivity index is 3.24. The van der Waals surface area contributed by atoms with E-state index in [0.29, 0.717) is 13.2 Å². The fraction of sp³-hybridized carbons (Fsp3) is 0.875. The molecule has 1 aliphatic rings. The first kappa shape index (κ1) is 17.0. The van der Waals surface area contributed by atoms with Crippen molar-refractivity contribution in [3.05, 3.63) is 0 Å². The van der Waals surface area contributed by atoms with E-state index in [1.807, 2.05) is 6.92 Å². The highest BCUT2D eigenvalue weighted by atomic mass is 16.6. The van der Waals surface area contributed by atoms with Crippen molar-refractivity contribution in [1.82, 2.24) is 4.90 Å². The van der Waals surface area contributed by atoms with Gasteiger partial charge in [0.1, 0.15) is 0 Å². The highest BCUT2D eigenvalue weighted by molar-refractivity contribution is 5.94. The number of ether oxygens (including phenoxy) is 1. The van der Waals surface area contributed by atoms with Crippen LogP contribution in [0.25, 0.3) is 0 Å². The lowest BCUT2D eigenvalue weighted by atomic mass is 9.64. The first-order valence-electron chi connectivity index (χ1n) is 7.48. The van der Waals surface area contributed by atoms with Gasteiger partial charge in [-0.2, -0.15) is 0 Å². The van der Waals surface area contributed by atoms with Crippen molar-refractivity contribution in [2.45, 2.75) is 54.9 Å². The first-order valence-corrected chi connectivity index (χ1v) is 7.48. The smallest absolute Gasteiger partial charge is 0.416 e. The predicted molar refractivity (Wildman–Crippen MR) is 79.2 cm³/mol. The molecule has 1 saturated heterocycles. The summed E-state index contributed by atoms with van der Waals surface area (Å²) >= 11 is 0. The Kier molecular flexibility index (Phi) is 4.88. The van der Waals surface area contributed by atoms with Crippen molar-refractivity contribution < 1.29 is 14.3 Å². The monoisotopic (exact) mass is 283 g/mol. The van der Waals surface area contributed by atoms with E-state index < -0.39 is 6.09 Å². The minimum absolute atomic E-state index is 0.0285. The maximum absolute atomic E-state index is 12.9. The summed E-state index contributed by atoms with van der Waals surface area (Å²) in [5.74, 6) is -0.261. The molecule has 0 saturated carbocycles. The molecule has 0 aliphatic carbocycles. The van der Waals surface area contributed by atoms with E-state index >= 15 is 0 Å². The van der Waals surface area contributed by atoms with Gasteiger partial charge in [0, 0.05) is 12.5 Å². The Morgan fingerprint density at radius 2 is 1.65 bits per heavy atom. The molecule has 4 heteroatoms. The summed E-state index contributed by atoms with van der Waals surface area (Å²) in [5.41, 5.74) is -0.287. The molecule has 2 unspecified atom stereocenters. The highest BCUT2D eigenvalue weighted by Gasteiger charge is 2.48. The Labute approximate surface area is 122 Å². The van der Waals surface area contributed by atoms with Crippen LogP contribution in [-0.2, 0) is 9.53 Å².